The number of rotatable bonds is 11. The van der Waals surface area contributed by atoms with Gasteiger partial charge in [0.05, 0.1) is 24.8 Å². The number of hydrogen-bond acceptors (Lipinski definition) is 4. The highest BCUT2D eigenvalue weighted by Gasteiger charge is 2.33. The molecule has 1 unspecified atom stereocenters. The van der Waals surface area contributed by atoms with Crippen molar-refractivity contribution < 1.29 is 23.4 Å². The van der Waals surface area contributed by atoms with E-state index in [0.717, 1.165) is 54.1 Å². The lowest BCUT2D eigenvalue weighted by Crippen LogP contribution is -2.29. The molecule has 6 rings (SSSR count). The minimum absolute atomic E-state index is 0.157. The van der Waals surface area contributed by atoms with E-state index in [1.54, 1.807) is 11.0 Å². The van der Waals surface area contributed by atoms with Gasteiger partial charge in [-0.2, -0.15) is 0 Å². The number of ether oxygens (including phenoxy) is 3. The van der Waals surface area contributed by atoms with Crippen LogP contribution < -0.4 is 9.64 Å². The molecule has 207 valence electrons. The maximum absolute atomic E-state index is 14.6. The molecule has 3 aromatic carbocycles. The zero-order valence-electron chi connectivity index (χ0n) is 22.9. The first-order valence-corrected chi connectivity index (χ1v) is 14.3. The summed E-state index contributed by atoms with van der Waals surface area (Å²) in [5.74, 6) is 1.75. The van der Waals surface area contributed by atoms with Crippen LogP contribution in [0.25, 0.3) is 5.57 Å². The fourth-order valence-corrected chi connectivity index (χ4v) is 5.39. The highest BCUT2D eigenvalue weighted by atomic mass is 19.1. The van der Waals surface area contributed by atoms with E-state index >= 15 is 0 Å². The van der Waals surface area contributed by atoms with Crippen LogP contribution in [0.5, 0.6) is 5.75 Å². The molecule has 0 aromatic heterocycles. The quantitative estimate of drug-likeness (QED) is 0.241. The van der Waals surface area contributed by atoms with Gasteiger partial charge in [0.25, 0.3) is 0 Å². The van der Waals surface area contributed by atoms with E-state index in [9.17, 15) is 9.18 Å². The van der Waals surface area contributed by atoms with Crippen LogP contribution in [-0.4, -0.2) is 32.0 Å². The summed E-state index contributed by atoms with van der Waals surface area (Å²) >= 11 is 0. The standard InChI is InChI=1S/C34H35FNO4/c1-23(37)36(32-20-28(35)13-14-29(32)31-21-30(31)25-7-3-2-4-8-25)22-27-19-26(24-10-11-24)12-15-33(27)38-17-18-40-34-9-5-6-16-39-34/h2-4,7-8,12-15,19-21,24,34H,5-6,9-11,16-18,22H2,1H3. The predicted octanol–water partition coefficient (Wildman–Crippen LogP) is 7.20. The molecule has 3 aliphatic rings. The Balaban J connectivity index is 1.22. The van der Waals surface area contributed by atoms with Gasteiger partial charge in [0, 0.05) is 19.1 Å². The van der Waals surface area contributed by atoms with E-state index in [1.165, 1.54) is 37.5 Å². The number of nitrogens with zero attached hydrogens (tertiary/aromatic N) is 1. The molecule has 40 heavy (non-hydrogen) atoms. The van der Waals surface area contributed by atoms with Gasteiger partial charge in [-0.3, -0.25) is 4.79 Å². The number of hydrogen-bond donors (Lipinski definition) is 0. The van der Waals surface area contributed by atoms with Crippen molar-refractivity contribution in [1.29, 1.82) is 0 Å². The highest BCUT2D eigenvalue weighted by Crippen LogP contribution is 2.49. The smallest absolute Gasteiger partial charge is 0.224 e. The number of carbonyl (C=O) groups excluding carboxylic acids is 1. The third-order valence-corrected chi connectivity index (χ3v) is 7.75. The minimum Gasteiger partial charge on any atom is -0.491 e. The number of amides is 1. The van der Waals surface area contributed by atoms with Crippen molar-refractivity contribution in [2.75, 3.05) is 24.7 Å². The highest BCUT2D eigenvalue weighted by molar-refractivity contribution is 6.02. The molecule has 5 nitrogen and oxygen atoms in total. The fraction of sp³-hybridized carbons (Fsp3) is 0.353. The van der Waals surface area contributed by atoms with Crippen molar-refractivity contribution in [2.45, 2.75) is 57.8 Å². The third kappa shape index (κ3) is 6.29. The number of allylic oxidation sites excluding steroid dienone is 2. The van der Waals surface area contributed by atoms with E-state index < -0.39 is 0 Å². The van der Waals surface area contributed by atoms with Gasteiger partial charge in [0.1, 0.15) is 18.2 Å². The lowest BCUT2D eigenvalue weighted by atomic mass is 9.99. The third-order valence-electron chi connectivity index (χ3n) is 7.75. The van der Waals surface area contributed by atoms with Crippen LogP contribution in [0.4, 0.5) is 10.1 Å². The van der Waals surface area contributed by atoms with E-state index in [4.69, 9.17) is 14.2 Å². The van der Waals surface area contributed by atoms with Gasteiger partial charge in [-0.25, -0.2) is 4.39 Å². The van der Waals surface area contributed by atoms with Crippen LogP contribution in [0.15, 0.2) is 72.8 Å². The molecule has 1 saturated carbocycles. The van der Waals surface area contributed by atoms with Crippen LogP contribution in [0.2, 0.25) is 0 Å². The molecule has 1 amide bonds. The molecule has 3 aromatic rings. The van der Waals surface area contributed by atoms with E-state index in [0.29, 0.717) is 30.6 Å². The topological polar surface area (TPSA) is 48.0 Å². The normalized spacial score (nSPS) is 18.8. The van der Waals surface area contributed by atoms with Crippen molar-refractivity contribution >= 4 is 17.2 Å². The number of anilines is 1. The number of benzene rings is 3. The Hall–Kier alpha value is -3.48. The van der Waals surface area contributed by atoms with E-state index in [-0.39, 0.29) is 24.6 Å². The van der Waals surface area contributed by atoms with Crippen LogP contribution in [0.3, 0.4) is 0 Å². The zero-order valence-corrected chi connectivity index (χ0v) is 22.9. The monoisotopic (exact) mass is 540 g/mol. The second kappa shape index (κ2) is 11.9. The van der Waals surface area contributed by atoms with Gasteiger partial charge in [-0.15, -0.1) is 0 Å². The summed E-state index contributed by atoms with van der Waals surface area (Å²) in [6, 6.07) is 21.0. The molecule has 1 heterocycles. The van der Waals surface area contributed by atoms with Crippen LogP contribution in [-0.2, 0) is 20.8 Å². The Bertz CT molecular complexity index is 1380. The predicted molar refractivity (Wildman–Crippen MR) is 153 cm³/mol. The molecule has 0 bridgehead atoms. The number of carbonyl (C=O) groups is 1. The van der Waals surface area contributed by atoms with Crippen LogP contribution in [0.1, 0.15) is 67.2 Å². The Labute approximate surface area is 235 Å². The molecule has 2 aliphatic carbocycles. The Morgan fingerprint density at radius 2 is 1.85 bits per heavy atom. The molecule has 1 radical (unpaired) electrons. The summed E-state index contributed by atoms with van der Waals surface area (Å²) < 4.78 is 32.3. The summed E-state index contributed by atoms with van der Waals surface area (Å²) in [5.41, 5.74) is 5.78. The largest absolute Gasteiger partial charge is 0.491 e. The summed E-state index contributed by atoms with van der Waals surface area (Å²) in [6.45, 7) is 3.35. The summed E-state index contributed by atoms with van der Waals surface area (Å²) in [7, 11) is 0. The SMILES string of the molecule is CC(=O)N(Cc1cc(C2CC2)ccc1OCCOC1CCCCO1)c1cc(F)ccc1[C]1C=C1c1ccccc1. The first-order chi connectivity index (χ1) is 19.6. The number of halogens is 1. The van der Waals surface area contributed by atoms with Crippen molar-refractivity contribution in [2.24, 2.45) is 0 Å². The summed E-state index contributed by atoms with van der Waals surface area (Å²) in [5, 5.41) is 0. The molecule has 1 saturated heterocycles. The Morgan fingerprint density at radius 1 is 1.00 bits per heavy atom. The molecule has 6 heteroatoms. The Kier molecular flexibility index (Phi) is 7.98. The van der Waals surface area contributed by atoms with E-state index in [2.05, 4.69) is 30.3 Å². The molecular formula is C34H35FNO4. The summed E-state index contributed by atoms with van der Waals surface area (Å²) in [6.07, 6.45) is 7.37. The van der Waals surface area contributed by atoms with Gasteiger partial charge in [0.15, 0.2) is 6.29 Å². The molecule has 1 aliphatic heterocycles. The van der Waals surface area contributed by atoms with Gasteiger partial charge in [-0.05, 0) is 78.5 Å². The molecule has 1 atom stereocenters. The minimum atomic E-state index is -0.377. The fourth-order valence-electron chi connectivity index (χ4n) is 5.39. The molecule has 0 N–H and O–H groups in total. The maximum Gasteiger partial charge on any atom is 0.224 e. The van der Waals surface area contributed by atoms with Gasteiger partial charge in [0.2, 0.25) is 5.91 Å². The molecule has 2 fully saturated rings. The second-order valence-electron chi connectivity index (χ2n) is 10.8. The first-order valence-electron chi connectivity index (χ1n) is 14.3. The molecule has 0 spiro atoms. The maximum atomic E-state index is 14.6. The average Bonchev–Trinajstić information content (AvgIpc) is 3.90. The van der Waals surface area contributed by atoms with Crippen molar-refractivity contribution in [3.8, 4) is 5.75 Å². The van der Waals surface area contributed by atoms with Crippen molar-refractivity contribution in [3.05, 3.63) is 107 Å². The van der Waals surface area contributed by atoms with Gasteiger partial charge in [-0.1, -0.05) is 54.6 Å². The van der Waals surface area contributed by atoms with Crippen LogP contribution in [0, 0.1) is 11.7 Å². The van der Waals surface area contributed by atoms with E-state index in [1.807, 2.05) is 24.3 Å². The second-order valence-corrected chi connectivity index (χ2v) is 10.8. The first kappa shape index (κ1) is 26.7. The Morgan fingerprint density at radius 3 is 2.60 bits per heavy atom. The average molecular weight is 541 g/mol. The molecular weight excluding hydrogens is 505 g/mol. The van der Waals surface area contributed by atoms with Gasteiger partial charge < -0.3 is 19.1 Å². The zero-order chi connectivity index (χ0) is 27.5. The van der Waals surface area contributed by atoms with Crippen molar-refractivity contribution in [3.63, 3.8) is 0 Å². The lowest BCUT2D eigenvalue weighted by Gasteiger charge is -2.26. The van der Waals surface area contributed by atoms with Crippen molar-refractivity contribution in [1.82, 2.24) is 0 Å². The summed E-state index contributed by atoms with van der Waals surface area (Å²) in [4.78, 5) is 14.7. The van der Waals surface area contributed by atoms with Gasteiger partial charge >= 0.3 is 0 Å². The van der Waals surface area contributed by atoms with Crippen LogP contribution >= 0.6 is 0 Å². The lowest BCUT2D eigenvalue weighted by molar-refractivity contribution is -0.165.